The van der Waals surface area contributed by atoms with Crippen LogP contribution in [0.1, 0.15) is 46.1 Å². The molecule has 1 amide bonds. The molecule has 3 aromatic rings. The number of hydrogen-bond acceptors (Lipinski definition) is 5. The molecule has 0 aliphatic carbocycles. The Balaban J connectivity index is 1.59. The predicted molar refractivity (Wildman–Crippen MR) is 152 cm³/mol. The van der Waals surface area contributed by atoms with Gasteiger partial charge in [0.15, 0.2) is 0 Å². The number of hydrogen-bond donors (Lipinski definition) is 2. The molecule has 1 aliphatic heterocycles. The first-order chi connectivity index (χ1) is 18.1. The van der Waals surface area contributed by atoms with Crippen molar-refractivity contribution in [3.05, 3.63) is 96.6 Å². The van der Waals surface area contributed by atoms with Crippen LogP contribution in [0.5, 0.6) is 0 Å². The molecule has 6 nitrogen and oxygen atoms in total. The second kappa shape index (κ2) is 11.4. The Morgan fingerprint density at radius 1 is 0.947 bits per heavy atom. The van der Waals surface area contributed by atoms with E-state index in [2.05, 4.69) is 13.8 Å². The SMILES string of the molecule is CC1(C)O[C@H](CO)[C@@H](CCC(C)(C)[Si](O)(c2ccccc2)c2ccccc2)N1C(=O)OCc1ccccc1. The summed E-state index contributed by atoms with van der Waals surface area (Å²) in [5, 5.41) is 11.6. The zero-order valence-electron chi connectivity index (χ0n) is 22.7. The fraction of sp³-hybridized carbons (Fsp3) is 0.387. The van der Waals surface area contributed by atoms with Crippen molar-refractivity contribution in [3.8, 4) is 0 Å². The fourth-order valence-corrected chi connectivity index (χ4v) is 9.44. The normalized spacial score (nSPS) is 19.4. The van der Waals surface area contributed by atoms with Gasteiger partial charge in [-0.2, -0.15) is 0 Å². The molecule has 2 N–H and O–H groups in total. The highest BCUT2D eigenvalue weighted by molar-refractivity contribution is 6.98. The number of ether oxygens (including phenoxy) is 2. The van der Waals surface area contributed by atoms with E-state index in [0.717, 1.165) is 15.9 Å². The maximum atomic E-state index is 13.4. The standard InChI is InChI=1S/C31H39NO5Si/c1-30(2,38(35,25-16-10-6-11-17-25)26-18-12-7-13-19-26)21-20-27-28(22-33)37-31(3,4)32(27)29(34)36-23-24-14-8-5-9-15-24/h5-19,27-28,33,35H,20-23H2,1-4H3/t27-,28-/m1/s1. The molecule has 1 heterocycles. The summed E-state index contributed by atoms with van der Waals surface area (Å²) in [4.78, 5) is 27.5. The van der Waals surface area contributed by atoms with Crippen LogP contribution in [0.15, 0.2) is 91.0 Å². The third-order valence-corrected chi connectivity index (χ3v) is 12.3. The summed E-state index contributed by atoms with van der Waals surface area (Å²) in [6.45, 7) is 7.80. The number of aliphatic hydroxyl groups excluding tert-OH is 1. The zero-order chi connectivity index (χ0) is 27.4. The van der Waals surface area contributed by atoms with E-state index in [1.165, 1.54) is 0 Å². The van der Waals surface area contributed by atoms with Crippen molar-refractivity contribution in [1.29, 1.82) is 0 Å². The molecule has 38 heavy (non-hydrogen) atoms. The van der Waals surface area contributed by atoms with E-state index in [1.807, 2.05) is 105 Å². The average Bonchev–Trinajstić information content (AvgIpc) is 3.21. The first kappa shape index (κ1) is 28.0. The number of nitrogens with zero attached hydrogens (tertiary/aromatic N) is 1. The number of amides is 1. The summed E-state index contributed by atoms with van der Waals surface area (Å²) in [7, 11) is -3.22. The van der Waals surface area contributed by atoms with Gasteiger partial charge in [-0.15, -0.1) is 0 Å². The first-order valence-corrected chi connectivity index (χ1v) is 15.2. The van der Waals surface area contributed by atoms with Crippen molar-refractivity contribution in [3.63, 3.8) is 0 Å². The van der Waals surface area contributed by atoms with Gasteiger partial charge in [0.1, 0.15) is 18.4 Å². The van der Waals surface area contributed by atoms with Crippen molar-refractivity contribution in [2.75, 3.05) is 6.61 Å². The molecule has 1 aliphatic rings. The van der Waals surface area contributed by atoms with Crippen molar-refractivity contribution in [2.24, 2.45) is 0 Å². The van der Waals surface area contributed by atoms with Gasteiger partial charge in [-0.1, -0.05) is 105 Å². The highest BCUT2D eigenvalue weighted by Crippen LogP contribution is 2.43. The molecule has 2 atom stereocenters. The van der Waals surface area contributed by atoms with E-state index in [-0.39, 0.29) is 13.2 Å². The van der Waals surface area contributed by atoms with Crippen molar-refractivity contribution < 1.29 is 24.2 Å². The van der Waals surface area contributed by atoms with E-state index in [1.54, 1.807) is 4.90 Å². The van der Waals surface area contributed by atoms with E-state index in [4.69, 9.17) is 9.47 Å². The van der Waals surface area contributed by atoms with Gasteiger partial charge in [-0.25, -0.2) is 4.79 Å². The smallest absolute Gasteiger partial charge is 0.412 e. The minimum Gasteiger partial charge on any atom is -0.444 e. The van der Waals surface area contributed by atoms with Crippen LogP contribution in [0.2, 0.25) is 5.04 Å². The number of rotatable bonds is 9. The average molecular weight is 534 g/mol. The second-order valence-electron chi connectivity index (χ2n) is 11.1. The topological polar surface area (TPSA) is 79.2 Å². The molecule has 1 saturated heterocycles. The van der Waals surface area contributed by atoms with Crippen molar-refractivity contribution >= 4 is 24.8 Å². The summed E-state index contributed by atoms with van der Waals surface area (Å²) >= 11 is 0. The lowest BCUT2D eigenvalue weighted by Crippen LogP contribution is -2.65. The molecule has 0 bridgehead atoms. The number of benzene rings is 3. The largest absolute Gasteiger partial charge is 0.444 e. The van der Waals surface area contributed by atoms with Gasteiger partial charge in [0.05, 0.1) is 12.6 Å². The molecule has 1 fully saturated rings. The third-order valence-electron chi connectivity index (χ3n) is 7.79. The highest BCUT2D eigenvalue weighted by Gasteiger charge is 2.53. The lowest BCUT2D eigenvalue weighted by atomic mass is 9.98. The van der Waals surface area contributed by atoms with Gasteiger partial charge in [0.25, 0.3) is 8.32 Å². The molecular weight excluding hydrogens is 494 g/mol. The monoisotopic (exact) mass is 533 g/mol. The fourth-order valence-electron chi connectivity index (χ4n) is 5.69. The number of carbonyl (C=O) groups excluding carboxylic acids is 1. The van der Waals surface area contributed by atoms with Gasteiger partial charge < -0.3 is 19.4 Å². The van der Waals surface area contributed by atoms with Crippen molar-refractivity contribution in [1.82, 2.24) is 4.90 Å². The Morgan fingerprint density at radius 2 is 1.45 bits per heavy atom. The van der Waals surface area contributed by atoms with Crippen LogP contribution in [0.4, 0.5) is 4.79 Å². The summed E-state index contributed by atoms with van der Waals surface area (Å²) in [5.41, 5.74) is -0.0419. The van der Waals surface area contributed by atoms with Gasteiger partial charge >= 0.3 is 6.09 Å². The highest BCUT2D eigenvalue weighted by atomic mass is 28.4. The molecule has 4 rings (SSSR count). The minimum atomic E-state index is -3.22. The Kier molecular flexibility index (Phi) is 8.42. The lowest BCUT2D eigenvalue weighted by molar-refractivity contribution is -0.0804. The van der Waals surface area contributed by atoms with E-state index < -0.39 is 37.3 Å². The van der Waals surface area contributed by atoms with Crippen LogP contribution < -0.4 is 10.4 Å². The molecule has 0 unspecified atom stereocenters. The number of carbonyl (C=O) groups is 1. The van der Waals surface area contributed by atoms with Crippen LogP contribution in [-0.4, -0.2) is 53.7 Å². The maximum Gasteiger partial charge on any atom is 0.412 e. The second-order valence-corrected chi connectivity index (χ2v) is 15.1. The van der Waals surface area contributed by atoms with Gasteiger partial charge in [-0.3, -0.25) is 4.90 Å². The summed E-state index contributed by atoms with van der Waals surface area (Å²) in [6, 6.07) is 28.9. The van der Waals surface area contributed by atoms with Crippen molar-refractivity contribution in [2.45, 2.75) is 70.1 Å². The van der Waals surface area contributed by atoms with Crippen LogP contribution in [0.25, 0.3) is 0 Å². The quantitative estimate of drug-likeness (QED) is 0.398. The summed E-state index contributed by atoms with van der Waals surface area (Å²) in [5.74, 6) is 0. The van der Waals surface area contributed by atoms with E-state index >= 15 is 0 Å². The number of aliphatic hydroxyl groups is 1. The molecule has 202 valence electrons. The molecule has 0 saturated carbocycles. The Morgan fingerprint density at radius 3 is 1.95 bits per heavy atom. The maximum absolute atomic E-state index is 13.4. The van der Waals surface area contributed by atoms with Crippen LogP contribution in [-0.2, 0) is 16.1 Å². The predicted octanol–water partition coefficient (Wildman–Crippen LogP) is 4.43. The van der Waals surface area contributed by atoms with Crippen LogP contribution >= 0.6 is 0 Å². The summed E-state index contributed by atoms with van der Waals surface area (Å²) in [6.07, 6.45) is 0.129. The lowest BCUT2D eigenvalue weighted by Gasteiger charge is -2.42. The molecular formula is C31H39NO5Si. The molecule has 0 radical (unpaired) electrons. The molecule has 0 spiro atoms. The molecule has 7 heteroatoms. The Hall–Kier alpha value is -2.97. The Bertz CT molecular complexity index is 1150. The molecule has 3 aromatic carbocycles. The van der Waals surface area contributed by atoms with E-state index in [9.17, 15) is 14.7 Å². The van der Waals surface area contributed by atoms with Crippen LogP contribution in [0, 0.1) is 0 Å². The Labute approximate surface area is 227 Å². The van der Waals surface area contributed by atoms with Gasteiger partial charge in [-0.05, 0) is 47.7 Å². The minimum absolute atomic E-state index is 0.156. The third kappa shape index (κ3) is 5.56. The summed E-state index contributed by atoms with van der Waals surface area (Å²) < 4.78 is 11.8. The van der Waals surface area contributed by atoms with E-state index in [0.29, 0.717) is 12.8 Å². The van der Waals surface area contributed by atoms with Gasteiger partial charge in [0.2, 0.25) is 0 Å². The molecule has 0 aromatic heterocycles. The van der Waals surface area contributed by atoms with Gasteiger partial charge in [0, 0.05) is 0 Å². The van der Waals surface area contributed by atoms with Crippen LogP contribution in [0.3, 0.4) is 0 Å². The first-order valence-electron chi connectivity index (χ1n) is 13.2. The zero-order valence-corrected chi connectivity index (χ0v) is 23.7.